The highest BCUT2D eigenvalue weighted by molar-refractivity contribution is 7.89. The standard InChI is InChI=1S/C22H19ClFN7O2S/c23-18-5-6-29-13-25-19(22(29)21(18)24)8-27-34(32,33)17-7-26-31(12-17)11-16-10-30-9-15(14-1-2-14)3-4-20(30)28-16/h3-7,9-10,12-14,27H,1-2,8,11H2. The van der Waals surface area contributed by atoms with E-state index < -0.39 is 15.8 Å². The van der Waals surface area contributed by atoms with Crippen molar-refractivity contribution in [3.05, 3.63) is 83.3 Å². The van der Waals surface area contributed by atoms with Crippen molar-refractivity contribution >= 4 is 32.8 Å². The molecule has 0 saturated heterocycles. The number of halogens is 2. The van der Waals surface area contributed by atoms with Crippen molar-refractivity contribution in [1.29, 1.82) is 0 Å². The average Bonchev–Trinajstić information content (AvgIpc) is 3.22. The summed E-state index contributed by atoms with van der Waals surface area (Å²) >= 11 is 5.85. The van der Waals surface area contributed by atoms with E-state index in [-0.39, 0.29) is 27.7 Å². The van der Waals surface area contributed by atoms with Gasteiger partial charge in [-0.25, -0.2) is 27.5 Å². The van der Waals surface area contributed by atoms with E-state index in [2.05, 4.69) is 32.1 Å². The molecule has 0 unspecified atom stereocenters. The van der Waals surface area contributed by atoms with Gasteiger partial charge in [0.15, 0.2) is 5.82 Å². The third kappa shape index (κ3) is 3.85. The molecule has 1 saturated carbocycles. The molecule has 1 aliphatic carbocycles. The summed E-state index contributed by atoms with van der Waals surface area (Å²) in [4.78, 5) is 8.69. The average molecular weight is 500 g/mol. The van der Waals surface area contributed by atoms with Gasteiger partial charge in [0.2, 0.25) is 10.0 Å². The third-order valence-electron chi connectivity index (χ3n) is 5.91. The van der Waals surface area contributed by atoms with Gasteiger partial charge in [-0.3, -0.25) is 4.68 Å². The van der Waals surface area contributed by atoms with E-state index in [1.54, 1.807) is 6.20 Å². The molecule has 34 heavy (non-hydrogen) atoms. The lowest BCUT2D eigenvalue weighted by atomic mass is 10.2. The normalized spacial score (nSPS) is 14.4. The maximum atomic E-state index is 14.4. The fourth-order valence-electron chi connectivity index (χ4n) is 3.99. The first-order valence-electron chi connectivity index (χ1n) is 10.7. The van der Waals surface area contributed by atoms with Crippen LogP contribution in [0.3, 0.4) is 0 Å². The van der Waals surface area contributed by atoms with Gasteiger partial charge in [0, 0.05) is 24.8 Å². The Hall–Kier alpha value is -3.28. The van der Waals surface area contributed by atoms with E-state index in [9.17, 15) is 12.8 Å². The maximum absolute atomic E-state index is 14.4. The highest BCUT2D eigenvalue weighted by Crippen LogP contribution is 2.39. The monoisotopic (exact) mass is 499 g/mol. The van der Waals surface area contributed by atoms with Crippen LogP contribution in [0.2, 0.25) is 5.02 Å². The van der Waals surface area contributed by atoms with Crippen molar-refractivity contribution in [3.63, 3.8) is 0 Å². The van der Waals surface area contributed by atoms with Crippen molar-refractivity contribution in [2.24, 2.45) is 0 Å². The van der Waals surface area contributed by atoms with Gasteiger partial charge in [-0.05, 0) is 36.5 Å². The minimum Gasteiger partial charge on any atom is -0.306 e. The van der Waals surface area contributed by atoms with E-state index in [0.717, 1.165) is 11.3 Å². The number of pyridine rings is 2. The highest BCUT2D eigenvalue weighted by atomic mass is 35.5. The van der Waals surface area contributed by atoms with Gasteiger partial charge in [-0.15, -0.1) is 0 Å². The first-order chi connectivity index (χ1) is 16.4. The zero-order chi connectivity index (χ0) is 23.4. The van der Waals surface area contributed by atoms with E-state index >= 15 is 0 Å². The molecule has 9 nitrogen and oxygen atoms in total. The zero-order valence-electron chi connectivity index (χ0n) is 17.8. The molecule has 5 aromatic rings. The van der Waals surface area contributed by atoms with Crippen LogP contribution in [-0.4, -0.2) is 37.0 Å². The molecule has 1 N–H and O–H groups in total. The van der Waals surface area contributed by atoms with Gasteiger partial charge in [0.25, 0.3) is 0 Å². The Bertz CT molecular complexity index is 1650. The van der Waals surface area contributed by atoms with Crippen molar-refractivity contribution in [1.82, 2.24) is 33.3 Å². The molecular weight excluding hydrogens is 481 g/mol. The number of rotatable bonds is 7. The van der Waals surface area contributed by atoms with E-state index in [4.69, 9.17) is 11.6 Å². The van der Waals surface area contributed by atoms with Gasteiger partial charge >= 0.3 is 0 Å². The van der Waals surface area contributed by atoms with Gasteiger partial charge in [0.1, 0.15) is 16.1 Å². The summed E-state index contributed by atoms with van der Waals surface area (Å²) in [6.07, 6.45) is 12.1. The Morgan fingerprint density at radius 3 is 2.82 bits per heavy atom. The van der Waals surface area contributed by atoms with E-state index in [1.807, 2.05) is 16.7 Å². The Balaban J connectivity index is 1.18. The van der Waals surface area contributed by atoms with E-state index in [1.165, 1.54) is 52.3 Å². The summed E-state index contributed by atoms with van der Waals surface area (Å²) in [6, 6.07) is 5.51. The Morgan fingerprint density at radius 2 is 2.00 bits per heavy atom. The number of hydrogen-bond donors (Lipinski definition) is 1. The SMILES string of the molecule is O=S(=O)(NCc1ncn2ccc(Cl)c(F)c12)c1cnn(Cc2cn3cc(C4CC4)ccc3n2)c1. The predicted molar refractivity (Wildman–Crippen MR) is 123 cm³/mol. The first-order valence-corrected chi connectivity index (χ1v) is 12.5. The molecule has 0 aromatic carbocycles. The summed E-state index contributed by atoms with van der Waals surface area (Å²) in [5, 5.41) is 4.11. The molecule has 0 bridgehead atoms. The molecule has 0 atom stereocenters. The third-order valence-corrected chi connectivity index (χ3v) is 7.56. The summed E-state index contributed by atoms with van der Waals surface area (Å²) in [5.74, 6) is -0.00402. The van der Waals surface area contributed by atoms with Crippen molar-refractivity contribution < 1.29 is 12.8 Å². The maximum Gasteiger partial charge on any atom is 0.244 e. The molecule has 0 amide bonds. The zero-order valence-corrected chi connectivity index (χ0v) is 19.3. The lowest BCUT2D eigenvalue weighted by Gasteiger charge is -2.04. The number of nitrogens with one attached hydrogen (secondary N) is 1. The molecular formula is C22H19ClFN7O2S. The van der Waals surface area contributed by atoms with Crippen LogP contribution >= 0.6 is 11.6 Å². The molecule has 12 heteroatoms. The number of fused-ring (bicyclic) bond motifs is 2. The highest BCUT2D eigenvalue weighted by Gasteiger charge is 2.24. The molecule has 0 radical (unpaired) electrons. The Kier molecular flexibility index (Phi) is 4.94. The molecule has 6 rings (SSSR count). The second kappa shape index (κ2) is 7.90. The van der Waals surface area contributed by atoms with Crippen LogP contribution in [-0.2, 0) is 23.1 Å². The minimum absolute atomic E-state index is 0.00528. The van der Waals surface area contributed by atoms with Crippen LogP contribution in [0, 0.1) is 5.82 Å². The summed E-state index contributed by atoms with van der Waals surface area (Å²) in [6.45, 7) is 0.127. The van der Waals surface area contributed by atoms with Crippen molar-refractivity contribution in [2.75, 3.05) is 0 Å². The molecule has 174 valence electrons. The van der Waals surface area contributed by atoms with Crippen LogP contribution in [0.15, 0.2) is 60.4 Å². The fourth-order valence-corrected chi connectivity index (χ4v) is 5.08. The number of sulfonamides is 1. The van der Waals surface area contributed by atoms with Crippen LogP contribution in [0.25, 0.3) is 11.2 Å². The van der Waals surface area contributed by atoms with Crippen molar-refractivity contribution in [2.45, 2.75) is 36.7 Å². The van der Waals surface area contributed by atoms with Crippen LogP contribution in [0.1, 0.15) is 35.7 Å². The van der Waals surface area contributed by atoms with Gasteiger partial charge in [0.05, 0.1) is 42.0 Å². The molecule has 0 spiro atoms. The number of imidazole rings is 2. The van der Waals surface area contributed by atoms with Crippen LogP contribution in [0.5, 0.6) is 0 Å². The lowest BCUT2D eigenvalue weighted by molar-refractivity contribution is 0.580. The molecule has 1 fully saturated rings. The molecule has 5 heterocycles. The van der Waals surface area contributed by atoms with Gasteiger partial charge in [-0.1, -0.05) is 17.7 Å². The van der Waals surface area contributed by atoms with E-state index in [0.29, 0.717) is 12.5 Å². The number of hydrogen-bond acceptors (Lipinski definition) is 5. The summed E-state index contributed by atoms with van der Waals surface area (Å²) in [7, 11) is -3.90. The van der Waals surface area contributed by atoms with Gasteiger partial charge < -0.3 is 8.80 Å². The van der Waals surface area contributed by atoms with Crippen molar-refractivity contribution in [3.8, 4) is 0 Å². The first kappa shape index (κ1) is 21.3. The smallest absolute Gasteiger partial charge is 0.244 e. The quantitative estimate of drug-likeness (QED) is 0.370. The number of aromatic nitrogens is 6. The minimum atomic E-state index is -3.90. The second-order valence-electron chi connectivity index (χ2n) is 8.36. The number of nitrogens with zero attached hydrogens (tertiary/aromatic N) is 6. The van der Waals surface area contributed by atoms with Gasteiger partial charge in [-0.2, -0.15) is 5.10 Å². The summed E-state index contributed by atoms with van der Waals surface area (Å²) < 4.78 is 47.4. The van der Waals surface area contributed by atoms with Crippen LogP contribution < -0.4 is 4.72 Å². The molecule has 5 aromatic heterocycles. The Morgan fingerprint density at radius 1 is 1.15 bits per heavy atom. The lowest BCUT2D eigenvalue weighted by Crippen LogP contribution is -2.23. The largest absolute Gasteiger partial charge is 0.306 e. The topological polar surface area (TPSA) is 98.6 Å². The molecule has 0 aliphatic heterocycles. The Labute approximate surface area is 198 Å². The van der Waals surface area contributed by atoms with Crippen LogP contribution in [0.4, 0.5) is 4.39 Å². The summed E-state index contributed by atoms with van der Waals surface area (Å²) in [5.41, 5.74) is 3.27. The second-order valence-corrected chi connectivity index (χ2v) is 10.5. The fraction of sp³-hybridized carbons (Fsp3) is 0.227. The molecule has 1 aliphatic rings. The predicted octanol–water partition coefficient (Wildman–Crippen LogP) is 3.38.